The zero-order valence-electron chi connectivity index (χ0n) is 13.3. The fourth-order valence-electron chi connectivity index (χ4n) is 4.37. The van der Waals surface area contributed by atoms with Gasteiger partial charge in [-0.1, -0.05) is 19.4 Å². The fraction of sp³-hybridized carbons (Fsp3) is 0.667. The number of hydrogen-bond acceptors (Lipinski definition) is 3. The van der Waals surface area contributed by atoms with E-state index in [1.165, 1.54) is 0 Å². The Kier molecular flexibility index (Phi) is 3.17. The van der Waals surface area contributed by atoms with Crippen LogP contribution in [0.5, 0.6) is 0 Å². The van der Waals surface area contributed by atoms with Crippen LogP contribution < -0.4 is 4.73 Å². The number of nitrogens with zero attached hydrogens (tertiary/aromatic N) is 1. The van der Waals surface area contributed by atoms with Crippen molar-refractivity contribution in [1.82, 2.24) is 0 Å². The summed E-state index contributed by atoms with van der Waals surface area (Å²) in [7, 11) is -10.2. The van der Waals surface area contributed by atoms with E-state index < -0.39 is 37.8 Å². The highest BCUT2D eigenvalue weighted by Gasteiger charge is 2.75. The Labute approximate surface area is 141 Å². The predicted octanol–water partition coefficient (Wildman–Crippen LogP) is 4.39. The third-order valence-electron chi connectivity index (χ3n) is 5.34. The molecule has 10 heteroatoms. The van der Waals surface area contributed by atoms with Crippen molar-refractivity contribution in [1.29, 1.82) is 0 Å². The maximum atomic E-state index is 13.7. The maximum absolute atomic E-state index is 13.7. The van der Waals surface area contributed by atoms with Crippen LogP contribution in [0.1, 0.15) is 48.1 Å². The number of ether oxygens (including phenoxy) is 2. The van der Waals surface area contributed by atoms with Crippen molar-refractivity contribution in [3.8, 4) is 0 Å². The van der Waals surface area contributed by atoms with Gasteiger partial charge in [0.1, 0.15) is 0 Å². The van der Waals surface area contributed by atoms with Crippen LogP contribution in [-0.2, 0) is 34.5 Å². The summed E-state index contributed by atoms with van der Waals surface area (Å²) in [5, 5.41) is 10.0. The molecule has 142 valence electrons. The van der Waals surface area contributed by atoms with Crippen LogP contribution in [-0.4, -0.2) is 13.2 Å². The SMILES string of the molecule is [O-][n+]1c2c(c3c(c1S(F)(F)(F)(F)F)COC31CCOCC1)CCCC2. The van der Waals surface area contributed by atoms with E-state index in [0.29, 0.717) is 37.7 Å². The minimum Gasteiger partial charge on any atom is -0.617 e. The first-order valence-electron chi connectivity index (χ1n) is 8.19. The third-order valence-corrected chi connectivity index (χ3v) is 6.49. The van der Waals surface area contributed by atoms with Gasteiger partial charge in [-0.15, -0.1) is 0 Å². The molecule has 2 aliphatic heterocycles. The van der Waals surface area contributed by atoms with E-state index in [0.717, 1.165) is 0 Å². The largest absolute Gasteiger partial charge is 0.617 e. The van der Waals surface area contributed by atoms with Crippen molar-refractivity contribution in [2.45, 2.75) is 55.8 Å². The number of halogens is 5. The van der Waals surface area contributed by atoms with Gasteiger partial charge in [-0.25, -0.2) is 0 Å². The highest BCUT2D eigenvalue weighted by Crippen LogP contribution is 3.02. The van der Waals surface area contributed by atoms with Crippen LogP contribution in [0.2, 0.25) is 0 Å². The molecule has 0 bridgehead atoms. The quantitative estimate of drug-likeness (QED) is 0.408. The topological polar surface area (TPSA) is 45.4 Å². The molecule has 0 unspecified atom stereocenters. The molecule has 4 nitrogen and oxygen atoms in total. The van der Waals surface area contributed by atoms with Gasteiger partial charge in [0.2, 0.25) is 0 Å². The molecule has 0 aromatic carbocycles. The molecule has 1 aromatic rings. The van der Waals surface area contributed by atoms with Crippen molar-refractivity contribution in [2.24, 2.45) is 0 Å². The van der Waals surface area contributed by atoms with Crippen LogP contribution in [0.15, 0.2) is 5.03 Å². The van der Waals surface area contributed by atoms with Crippen LogP contribution in [0.3, 0.4) is 0 Å². The Hall–Kier alpha value is -1.13. The molecule has 0 saturated carbocycles. The number of hydrogen-bond donors (Lipinski definition) is 0. The van der Waals surface area contributed by atoms with Gasteiger partial charge in [0.15, 0.2) is 5.69 Å². The second-order valence-corrected chi connectivity index (χ2v) is 9.27. The molecular weight excluding hydrogens is 369 g/mol. The molecule has 1 saturated heterocycles. The lowest BCUT2D eigenvalue weighted by molar-refractivity contribution is -0.658. The van der Waals surface area contributed by atoms with E-state index >= 15 is 0 Å². The van der Waals surface area contributed by atoms with Crippen LogP contribution in [0.25, 0.3) is 0 Å². The zero-order chi connectivity index (χ0) is 18.2. The molecule has 0 radical (unpaired) electrons. The minimum absolute atomic E-state index is 0.0690. The van der Waals surface area contributed by atoms with Gasteiger partial charge in [0.05, 0.1) is 17.8 Å². The molecule has 1 fully saturated rings. The molecule has 3 aliphatic rings. The molecule has 0 amide bonds. The molecule has 1 aliphatic carbocycles. The second kappa shape index (κ2) is 4.58. The van der Waals surface area contributed by atoms with Crippen molar-refractivity contribution in [3.63, 3.8) is 0 Å². The monoisotopic (exact) mass is 387 g/mol. The first-order valence-corrected chi connectivity index (χ1v) is 10.1. The normalized spacial score (nSPS) is 25.2. The molecule has 0 atom stereocenters. The molecule has 1 aromatic heterocycles. The number of fused-ring (bicyclic) bond motifs is 4. The third kappa shape index (κ3) is 2.60. The van der Waals surface area contributed by atoms with E-state index in [1.807, 2.05) is 0 Å². The average molecular weight is 387 g/mol. The highest BCUT2D eigenvalue weighted by molar-refractivity contribution is 8.45. The molecular formula is C15H18F5NO3S. The Balaban J connectivity index is 2.08. The first kappa shape index (κ1) is 17.3. The van der Waals surface area contributed by atoms with Gasteiger partial charge in [-0.05, 0) is 19.3 Å². The van der Waals surface area contributed by atoms with Crippen molar-refractivity contribution in [3.05, 3.63) is 27.6 Å². The van der Waals surface area contributed by atoms with Gasteiger partial charge in [-0.3, -0.25) is 0 Å². The van der Waals surface area contributed by atoms with E-state index in [4.69, 9.17) is 9.47 Å². The summed E-state index contributed by atoms with van der Waals surface area (Å²) in [5.41, 5.74) is -1.25. The van der Waals surface area contributed by atoms with Crippen molar-refractivity contribution < 1.29 is 33.6 Å². The molecule has 0 N–H and O–H groups in total. The van der Waals surface area contributed by atoms with Crippen molar-refractivity contribution in [2.75, 3.05) is 13.2 Å². The average Bonchev–Trinajstić information content (AvgIpc) is 2.84. The Morgan fingerprint density at radius 3 is 2.24 bits per heavy atom. The smallest absolute Gasteiger partial charge is 0.367 e. The molecule has 3 heterocycles. The lowest BCUT2D eigenvalue weighted by atomic mass is 9.79. The van der Waals surface area contributed by atoms with Crippen LogP contribution >= 0.6 is 10.2 Å². The second-order valence-electron chi connectivity index (χ2n) is 6.95. The number of rotatable bonds is 1. The Morgan fingerprint density at radius 1 is 0.960 bits per heavy atom. The Morgan fingerprint density at radius 2 is 1.60 bits per heavy atom. The van der Waals surface area contributed by atoms with Crippen molar-refractivity contribution >= 4 is 10.2 Å². The van der Waals surface area contributed by atoms with Crippen LogP contribution in [0.4, 0.5) is 19.4 Å². The summed E-state index contributed by atoms with van der Waals surface area (Å²) < 4.78 is 78.8. The molecule has 1 spiro atoms. The first-order chi connectivity index (χ1) is 11.4. The van der Waals surface area contributed by atoms with Gasteiger partial charge in [0, 0.05) is 43.6 Å². The molecule has 25 heavy (non-hydrogen) atoms. The van der Waals surface area contributed by atoms with E-state index in [9.17, 15) is 24.6 Å². The molecule has 4 rings (SSSR count). The lowest BCUT2D eigenvalue weighted by Gasteiger charge is -2.40. The number of aromatic nitrogens is 1. The van der Waals surface area contributed by atoms with Crippen LogP contribution in [0, 0.1) is 5.21 Å². The van der Waals surface area contributed by atoms with E-state index in [2.05, 4.69) is 0 Å². The summed E-state index contributed by atoms with van der Waals surface area (Å²) in [4.78, 5) is 0. The number of pyridine rings is 1. The van der Waals surface area contributed by atoms with Gasteiger partial charge >= 0.3 is 15.3 Å². The zero-order valence-corrected chi connectivity index (χ0v) is 14.2. The predicted molar refractivity (Wildman–Crippen MR) is 80.0 cm³/mol. The summed E-state index contributed by atoms with van der Waals surface area (Å²) in [5.74, 6) is 0. The van der Waals surface area contributed by atoms with E-state index in [1.54, 1.807) is 0 Å². The fourth-order valence-corrected chi connectivity index (χ4v) is 5.42. The summed E-state index contributed by atoms with van der Waals surface area (Å²) in [6.45, 7) is -0.0513. The summed E-state index contributed by atoms with van der Waals surface area (Å²) >= 11 is 0. The summed E-state index contributed by atoms with van der Waals surface area (Å²) in [6.07, 6.45) is 2.29. The summed E-state index contributed by atoms with van der Waals surface area (Å²) in [6, 6.07) is 0. The van der Waals surface area contributed by atoms with Gasteiger partial charge in [0.25, 0.3) is 0 Å². The minimum atomic E-state index is -10.2. The Bertz CT molecular complexity index is 759. The highest BCUT2D eigenvalue weighted by atomic mass is 32.5. The van der Waals surface area contributed by atoms with E-state index in [-0.39, 0.29) is 30.9 Å². The lowest BCUT2D eigenvalue weighted by Crippen LogP contribution is -2.45. The van der Waals surface area contributed by atoms with Gasteiger partial charge in [-0.2, -0.15) is 4.73 Å². The maximum Gasteiger partial charge on any atom is 0.367 e. The standard InChI is InChI=1S/C15H18F5NO3S/c16-25(17,18,19,20)14-11-9-24-15(5-7-23-8-6-15)13(11)10-3-1-2-4-12(10)21(14)22/h1-9H2. The van der Waals surface area contributed by atoms with Gasteiger partial charge < -0.3 is 14.7 Å².